The maximum Gasteiger partial charge on any atom is 0.418 e. The van der Waals surface area contributed by atoms with Crippen LogP contribution in [0.5, 0.6) is 0 Å². The molecule has 0 atom stereocenters. The summed E-state index contributed by atoms with van der Waals surface area (Å²) in [5.41, 5.74) is -1.27. The summed E-state index contributed by atoms with van der Waals surface area (Å²) >= 11 is 0.933. The maximum absolute atomic E-state index is 13.6. The number of nitrogens with zero attached hydrogens (tertiary/aromatic N) is 3. The van der Waals surface area contributed by atoms with Crippen LogP contribution in [-0.2, 0) is 12.7 Å². The lowest BCUT2D eigenvalue weighted by atomic mass is 10.1. The lowest BCUT2D eigenvalue weighted by Gasteiger charge is -2.19. The van der Waals surface area contributed by atoms with E-state index in [-0.39, 0.29) is 27.5 Å². The van der Waals surface area contributed by atoms with E-state index < -0.39 is 23.3 Å². The summed E-state index contributed by atoms with van der Waals surface area (Å²) in [6.45, 7) is -0.0329. The van der Waals surface area contributed by atoms with Crippen LogP contribution in [0, 0.1) is 0 Å². The van der Waals surface area contributed by atoms with E-state index in [9.17, 15) is 22.8 Å². The Labute approximate surface area is 193 Å². The number of fused-ring (bicyclic) bond motifs is 2. The van der Waals surface area contributed by atoms with E-state index in [4.69, 9.17) is 4.42 Å². The van der Waals surface area contributed by atoms with E-state index in [2.05, 4.69) is 9.97 Å². The molecule has 0 aliphatic rings. The van der Waals surface area contributed by atoms with E-state index in [1.165, 1.54) is 35.5 Å². The molecule has 5 rings (SSSR count). The molecular weight excluding hydrogens is 467 g/mol. The van der Waals surface area contributed by atoms with Crippen LogP contribution in [0.25, 0.3) is 21.2 Å². The predicted octanol–water partition coefficient (Wildman–Crippen LogP) is 5.66. The number of alkyl halides is 3. The third kappa shape index (κ3) is 4.03. The first kappa shape index (κ1) is 21.8. The first-order valence-corrected chi connectivity index (χ1v) is 10.8. The molecule has 0 radical (unpaired) electrons. The van der Waals surface area contributed by atoms with Gasteiger partial charge in [-0.1, -0.05) is 35.6 Å². The molecule has 0 aliphatic heterocycles. The van der Waals surface area contributed by atoms with Gasteiger partial charge in [-0.25, -0.2) is 9.78 Å². The first-order chi connectivity index (χ1) is 16.3. The fraction of sp³-hybridized carbons (Fsp3) is 0.0833. The Hall–Kier alpha value is -4.05. The second kappa shape index (κ2) is 8.38. The normalized spacial score (nSPS) is 11.7. The quantitative estimate of drug-likeness (QED) is 0.310. The number of halogens is 3. The minimum Gasteiger partial charge on any atom is -0.422 e. The number of hydrogen-bond acceptors (Lipinski definition) is 6. The van der Waals surface area contributed by atoms with E-state index >= 15 is 0 Å². The van der Waals surface area contributed by atoms with Crippen molar-refractivity contribution in [2.24, 2.45) is 0 Å². The average Bonchev–Trinajstić information content (AvgIpc) is 3.25. The second-order valence-electron chi connectivity index (χ2n) is 7.38. The molecule has 0 aliphatic carbocycles. The van der Waals surface area contributed by atoms with Crippen LogP contribution in [0.1, 0.15) is 21.5 Å². The van der Waals surface area contributed by atoms with Gasteiger partial charge in [0.15, 0.2) is 5.13 Å². The highest BCUT2D eigenvalue weighted by molar-refractivity contribution is 7.22. The fourth-order valence-corrected chi connectivity index (χ4v) is 4.52. The van der Waals surface area contributed by atoms with Crippen molar-refractivity contribution in [1.82, 2.24) is 9.97 Å². The summed E-state index contributed by atoms with van der Waals surface area (Å²) in [5.74, 6) is -0.732. The van der Waals surface area contributed by atoms with Crippen LogP contribution in [-0.4, -0.2) is 15.9 Å². The number of carbonyl (C=O) groups excluding carboxylic acids is 1. The van der Waals surface area contributed by atoms with Crippen LogP contribution in [0.15, 0.2) is 82.3 Å². The number of thiazole rings is 1. The van der Waals surface area contributed by atoms with Gasteiger partial charge in [-0.2, -0.15) is 13.2 Å². The molecule has 3 aromatic heterocycles. The van der Waals surface area contributed by atoms with Crippen molar-refractivity contribution in [3.8, 4) is 0 Å². The molecule has 0 bridgehead atoms. The number of pyridine rings is 1. The number of benzene rings is 2. The number of anilines is 1. The summed E-state index contributed by atoms with van der Waals surface area (Å²) in [5, 5.41) is 0.569. The molecule has 0 N–H and O–H groups in total. The van der Waals surface area contributed by atoms with E-state index in [0.29, 0.717) is 16.5 Å². The molecule has 0 saturated carbocycles. The van der Waals surface area contributed by atoms with Gasteiger partial charge in [0.05, 0.1) is 22.3 Å². The molecule has 6 nitrogen and oxygen atoms in total. The highest BCUT2D eigenvalue weighted by Gasteiger charge is 2.34. The highest BCUT2D eigenvalue weighted by atomic mass is 32.1. The van der Waals surface area contributed by atoms with Gasteiger partial charge in [-0.3, -0.25) is 14.7 Å². The molecule has 0 fully saturated rings. The number of carbonyl (C=O) groups is 1. The average molecular weight is 481 g/mol. The lowest BCUT2D eigenvalue weighted by Crippen LogP contribution is -2.33. The van der Waals surface area contributed by atoms with Gasteiger partial charge in [-0.15, -0.1) is 0 Å². The van der Waals surface area contributed by atoms with Crippen LogP contribution in [0.4, 0.5) is 18.3 Å². The molecule has 0 saturated heterocycles. The van der Waals surface area contributed by atoms with Crippen molar-refractivity contribution in [2.45, 2.75) is 12.7 Å². The number of aromatic nitrogens is 2. The van der Waals surface area contributed by atoms with Crippen molar-refractivity contribution < 1.29 is 22.4 Å². The summed E-state index contributed by atoms with van der Waals surface area (Å²) in [7, 11) is 0. The van der Waals surface area contributed by atoms with E-state index in [0.717, 1.165) is 17.4 Å². The summed E-state index contributed by atoms with van der Waals surface area (Å²) < 4.78 is 46.1. The van der Waals surface area contributed by atoms with Gasteiger partial charge < -0.3 is 4.42 Å². The van der Waals surface area contributed by atoms with Crippen LogP contribution in [0.2, 0.25) is 0 Å². The SMILES string of the molecule is O=C(c1cc2ccccc2oc1=O)N(Cc1ccncc1)c1nc2c(C(F)(F)F)cccc2s1. The topological polar surface area (TPSA) is 76.3 Å². The minimum atomic E-state index is -4.61. The van der Waals surface area contributed by atoms with Crippen LogP contribution in [0.3, 0.4) is 0 Å². The molecule has 5 aromatic rings. The molecule has 10 heteroatoms. The molecular formula is C24H14F3N3O3S. The molecule has 1 amide bonds. The first-order valence-electron chi connectivity index (χ1n) is 10.0. The van der Waals surface area contributed by atoms with Gasteiger partial charge in [0.2, 0.25) is 0 Å². The van der Waals surface area contributed by atoms with Gasteiger partial charge in [-0.05, 0) is 42.0 Å². The van der Waals surface area contributed by atoms with E-state index in [1.54, 1.807) is 36.4 Å². The highest BCUT2D eigenvalue weighted by Crippen LogP contribution is 2.39. The molecule has 2 aromatic carbocycles. The second-order valence-corrected chi connectivity index (χ2v) is 8.39. The lowest BCUT2D eigenvalue weighted by molar-refractivity contribution is -0.136. The summed E-state index contributed by atoms with van der Waals surface area (Å²) in [4.78, 5) is 35.5. The zero-order chi connectivity index (χ0) is 23.9. The van der Waals surface area contributed by atoms with Gasteiger partial charge >= 0.3 is 11.8 Å². The zero-order valence-corrected chi connectivity index (χ0v) is 18.1. The Morgan fingerprint density at radius 2 is 1.79 bits per heavy atom. The van der Waals surface area contributed by atoms with Crippen molar-refractivity contribution in [2.75, 3.05) is 4.90 Å². The standard InChI is InChI=1S/C24H14F3N3O3S/c25-24(26,27)17-5-3-7-19-20(17)29-23(34-19)30(13-14-8-10-28-11-9-14)21(31)16-12-15-4-1-2-6-18(15)33-22(16)32/h1-12H,13H2. The van der Waals surface area contributed by atoms with Gasteiger partial charge in [0.1, 0.15) is 11.1 Å². The maximum atomic E-state index is 13.6. The minimum absolute atomic E-state index is 0.0288. The largest absolute Gasteiger partial charge is 0.422 e. The van der Waals surface area contributed by atoms with Crippen molar-refractivity contribution >= 4 is 43.6 Å². The summed E-state index contributed by atoms with van der Waals surface area (Å²) in [6.07, 6.45) is -1.55. The van der Waals surface area contributed by atoms with Crippen LogP contribution >= 0.6 is 11.3 Å². The Kier molecular flexibility index (Phi) is 5.37. The molecule has 3 heterocycles. The monoisotopic (exact) mass is 481 g/mol. The molecule has 0 unspecified atom stereocenters. The Morgan fingerprint density at radius 3 is 2.56 bits per heavy atom. The van der Waals surface area contributed by atoms with Crippen LogP contribution < -0.4 is 10.5 Å². The Morgan fingerprint density at radius 1 is 1.03 bits per heavy atom. The number of para-hydroxylation sites is 2. The van der Waals surface area contributed by atoms with Gasteiger partial charge in [0.25, 0.3) is 5.91 Å². The Bertz CT molecular complexity index is 1580. The van der Waals surface area contributed by atoms with Crippen molar-refractivity contribution in [3.63, 3.8) is 0 Å². The molecule has 170 valence electrons. The van der Waals surface area contributed by atoms with Crippen molar-refractivity contribution in [3.05, 3.63) is 100 Å². The number of amides is 1. The fourth-order valence-electron chi connectivity index (χ4n) is 3.53. The Balaban J connectivity index is 1.66. The number of rotatable bonds is 4. The zero-order valence-electron chi connectivity index (χ0n) is 17.2. The van der Waals surface area contributed by atoms with Crippen molar-refractivity contribution in [1.29, 1.82) is 0 Å². The third-order valence-electron chi connectivity index (χ3n) is 5.15. The van der Waals surface area contributed by atoms with Gasteiger partial charge in [0, 0.05) is 17.8 Å². The predicted molar refractivity (Wildman–Crippen MR) is 122 cm³/mol. The summed E-state index contributed by atoms with van der Waals surface area (Å²) in [6, 6.07) is 15.2. The molecule has 0 spiro atoms. The number of hydrogen-bond donors (Lipinski definition) is 0. The third-order valence-corrected chi connectivity index (χ3v) is 6.19. The smallest absolute Gasteiger partial charge is 0.418 e. The van der Waals surface area contributed by atoms with E-state index in [1.807, 2.05) is 0 Å². The molecule has 34 heavy (non-hydrogen) atoms.